The third-order valence-corrected chi connectivity index (χ3v) is 7.19. The number of aryl methyl sites for hydroxylation is 1. The van der Waals surface area contributed by atoms with Crippen LogP contribution in [0.25, 0.3) is 22.2 Å². The Morgan fingerprint density at radius 1 is 1.14 bits per heavy atom. The van der Waals surface area contributed by atoms with Crippen molar-refractivity contribution >= 4 is 40.4 Å². The highest BCUT2D eigenvalue weighted by molar-refractivity contribution is 6.39. The lowest BCUT2D eigenvalue weighted by molar-refractivity contribution is 0.000959. The summed E-state index contributed by atoms with van der Waals surface area (Å²) in [7, 11) is 1.81. The quantitative estimate of drug-likeness (QED) is 0.358. The molecule has 1 atom stereocenters. The number of halogens is 1. The van der Waals surface area contributed by atoms with Gasteiger partial charge in [-0.05, 0) is 26.8 Å². The molecule has 2 amide bonds. The van der Waals surface area contributed by atoms with Crippen LogP contribution < -0.4 is 4.74 Å². The van der Waals surface area contributed by atoms with Crippen molar-refractivity contribution in [2.24, 2.45) is 7.05 Å². The molecular weight excluding hydrogens is 484 g/mol. The van der Waals surface area contributed by atoms with Crippen LogP contribution in [0.1, 0.15) is 47.1 Å². The van der Waals surface area contributed by atoms with Gasteiger partial charge in [0.15, 0.2) is 5.78 Å². The second kappa shape index (κ2) is 7.70. The summed E-state index contributed by atoms with van der Waals surface area (Å²) in [5.41, 5.74) is 2.80. The highest BCUT2D eigenvalue weighted by Gasteiger charge is 2.44. The van der Waals surface area contributed by atoms with Crippen molar-refractivity contribution in [1.82, 2.24) is 19.4 Å². The number of ether oxygens (including phenoxy) is 2. The molecule has 6 rings (SSSR count). The number of carbonyl (C=O) groups excluding carboxylic acids is 3. The first-order valence-corrected chi connectivity index (χ1v) is 12.2. The van der Waals surface area contributed by atoms with Crippen LogP contribution in [0.3, 0.4) is 0 Å². The zero-order chi connectivity index (χ0) is 25.5. The number of hydrogen-bond donors (Lipinski definition) is 0. The number of amides is 2. The van der Waals surface area contributed by atoms with Crippen LogP contribution in [0.15, 0.2) is 24.5 Å². The van der Waals surface area contributed by atoms with Gasteiger partial charge in [0.25, 0.3) is 5.91 Å². The molecule has 1 aliphatic carbocycles. The molecule has 1 aromatic heterocycles. The molecule has 3 aliphatic rings. The van der Waals surface area contributed by atoms with Crippen molar-refractivity contribution in [1.29, 1.82) is 0 Å². The maximum Gasteiger partial charge on any atom is 0.410 e. The zero-order valence-corrected chi connectivity index (χ0v) is 21.2. The monoisotopic (exact) mass is 508 g/mol. The van der Waals surface area contributed by atoms with E-state index in [4.69, 9.17) is 21.1 Å². The van der Waals surface area contributed by atoms with Gasteiger partial charge in [-0.1, -0.05) is 23.7 Å². The zero-order valence-electron chi connectivity index (χ0n) is 20.4. The van der Waals surface area contributed by atoms with Gasteiger partial charge in [0, 0.05) is 48.4 Å². The SMILES string of the molecule is Cn1cnc2c3c(c4c(c21)C(=O)N1CCN(C(=O)OC(C)(C)C)C[C@@H]1CO4)C(=O)c1cccc(Cl)c1-3. The van der Waals surface area contributed by atoms with Gasteiger partial charge in [-0.15, -0.1) is 0 Å². The lowest BCUT2D eigenvalue weighted by Crippen LogP contribution is -2.58. The van der Waals surface area contributed by atoms with E-state index in [9.17, 15) is 14.4 Å². The van der Waals surface area contributed by atoms with Gasteiger partial charge in [-0.25, -0.2) is 9.78 Å². The van der Waals surface area contributed by atoms with Gasteiger partial charge in [-0.2, -0.15) is 0 Å². The summed E-state index contributed by atoms with van der Waals surface area (Å²) in [6.45, 7) is 6.51. The van der Waals surface area contributed by atoms with Crippen LogP contribution in [-0.2, 0) is 11.8 Å². The van der Waals surface area contributed by atoms with Crippen LogP contribution in [0.5, 0.6) is 5.75 Å². The van der Waals surface area contributed by atoms with E-state index in [-0.39, 0.29) is 30.6 Å². The van der Waals surface area contributed by atoms with E-state index < -0.39 is 17.7 Å². The second-order valence-electron chi connectivity index (χ2n) is 10.4. The fraction of sp³-hybridized carbons (Fsp3) is 0.385. The van der Waals surface area contributed by atoms with Gasteiger partial charge in [0.1, 0.15) is 23.5 Å². The normalized spacial score (nSPS) is 18.9. The predicted octanol–water partition coefficient (Wildman–Crippen LogP) is 3.89. The summed E-state index contributed by atoms with van der Waals surface area (Å²) in [5.74, 6) is -0.237. The molecular formula is C26H25ClN4O5. The third-order valence-electron chi connectivity index (χ3n) is 6.88. The molecule has 3 heterocycles. The Morgan fingerprint density at radius 2 is 1.92 bits per heavy atom. The number of piperazine rings is 1. The lowest BCUT2D eigenvalue weighted by Gasteiger charge is -2.40. The molecule has 0 bridgehead atoms. The number of imidazole rings is 1. The molecule has 36 heavy (non-hydrogen) atoms. The predicted molar refractivity (Wildman–Crippen MR) is 133 cm³/mol. The van der Waals surface area contributed by atoms with Crippen molar-refractivity contribution < 1.29 is 23.9 Å². The Kier molecular flexibility index (Phi) is 4.89. The standard InChI is InChI=1S/C26H25ClN4O5/c1-26(2,3)36-25(34)30-8-9-31-13(10-30)11-35-23-18-17(16-14(22(18)32)6-5-7-15(16)27)20-21(19(23)24(31)33)29(4)12-28-20/h5-7,12-13H,8-11H2,1-4H3/t13-/m1/s1. The molecule has 1 fully saturated rings. The molecule has 0 unspecified atom stereocenters. The molecule has 0 saturated carbocycles. The first kappa shape index (κ1) is 22.8. The topological polar surface area (TPSA) is 94.0 Å². The molecule has 2 aromatic carbocycles. The molecule has 3 aromatic rings. The van der Waals surface area contributed by atoms with E-state index in [1.165, 1.54) is 0 Å². The summed E-state index contributed by atoms with van der Waals surface area (Å²) in [6.07, 6.45) is 1.20. The lowest BCUT2D eigenvalue weighted by atomic mass is 9.98. The van der Waals surface area contributed by atoms with Crippen LogP contribution in [0.2, 0.25) is 5.02 Å². The Morgan fingerprint density at radius 3 is 2.67 bits per heavy atom. The first-order valence-electron chi connectivity index (χ1n) is 11.8. The van der Waals surface area contributed by atoms with Gasteiger partial charge in [0.2, 0.25) is 0 Å². The molecule has 9 nitrogen and oxygen atoms in total. The second-order valence-corrected chi connectivity index (χ2v) is 10.8. The number of carbonyl (C=O) groups is 3. The number of fused-ring (bicyclic) bond motifs is 9. The highest BCUT2D eigenvalue weighted by atomic mass is 35.5. The Bertz CT molecular complexity index is 1490. The van der Waals surface area contributed by atoms with Gasteiger partial charge in [0.05, 0.1) is 29.0 Å². The summed E-state index contributed by atoms with van der Waals surface area (Å²) < 4.78 is 13.6. The first-order chi connectivity index (χ1) is 17.1. The molecule has 0 spiro atoms. The van der Waals surface area contributed by atoms with Crippen molar-refractivity contribution in [2.45, 2.75) is 32.4 Å². The van der Waals surface area contributed by atoms with E-state index in [0.717, 1.165) is 0 Å². The summed E-state index contributed by atoms with van der Waals surface area (Å²) in [4.78, 5) is 48.2. The Balaban J connectivity index is 1.47. The minimum absolute atomic E-state index is 0.130. The minimum atomic E-state index is -0.622. The molecule has 10 heteroatoms. The van der Waals surface area contributed by atoms with E-state index in [1.54, 1.807) is 38.9 Å². The number of hydrogen-bond acceptors (Lipinski definition) is 6. The highest BCUT2D eigenvalue weighted by Crippen LogP contribution is 2.50. The van der Waals surface area contributed by atoms with E-state index >= 15 is 0 Å². The minimum Gasteiger partial charge on any atom is -0.490 e. The Labute approximate surface area is 212 Å². The fourth-order valence-electron chi connectivity index (χ4n) is 5.36. The van der Waals surface area contributed by atoms with Crippen LogP contribution in [-0.4, -0.2) is 75.0 Å². The number of nitrogens with zero attached hydrogens (tertiary/aromatic N) is 4. The average molecular weight is 509 g/mol. The largest absolute Gasteiger partial charge is 0.490 e. The summed E-state index contributed by atoms with van der Waals surface area (Å²) >= 11 is 6.55. The van der Waals surface area contributed by atoms with E-state index in [1.807, 2.05) is 27.8 Å². The molecule has 186 valence electrons. The molecule has 0 radical (unpaired) electrons. The third kappa shape index (κ3) is 3.22. The molecule has 0 N–H and O–H groups in total. The Hall–Kier alpha value is -3.59. The molecule has 1 saturated heterocycles. The smallest absolute Gasteiger partial charge is 0.410 e. The maximum atomic E-state index is 14.0. The fourth-order valence-corrected chi connectivity index (χ4v) is 5.63. The van der Waals surface area contributed by atoms with Crippen molar-refractivity contribution in [3.8, 4) is 16.9 Å². The summed E-state index contributed by atoms with van der Waals surface area (Å²) in [5, 5.41) is 0.442. The van der Waals surface area contributed by atoms with Gasteiger partial charge >= 0.3 is 6.09 Å². The van der Waals surface area contributed by atoms with Crippen LogP contribution in [0, 0.1) is 0 Å². The van der Waals surface area contributed by atoms with Crippen LogP contribution >= 0.6 is 11.6 Å². The van der Waals surface area contributed by atoms with Crippen molar-refractivity contribution in [2.75, 3.05) is 26.2 Å². The number of benzene rings is 2. The maximum absolute atomic E-state index is 14.0. The van der Waals surface area contributed by atoms with Crippen molar-refractivity contribution in [3.05, 3.63) is 46.2 Å². The summed E-state index contributed by atoms with van der Waals surface area (Å²) in [6, 6.07) is 4.80. The van der Waals surface area contributed by atoms with E-state index in [2.05, 4.69) is 4.98 Å². The van der Waals surface area contributed by atoms with Crippen molar-refractivity contribution in [3.63, 3.8) is 0 Å². The van der Waals surface area contributed by atoms with Gasteiger partial charge < -0.3 is 23.8 Å². The van der Waals surface area contributed by atoms with Gasteiger partial charge in [-0.3, -0.25) is 9.59 Å². The van der Waals surface area contributed by atoms with Crippen LogP contribution in [0.4, 0.5) is 4.79 Å². The number of rotatable bonds is 0. The number of aromatic nitrogens is 2. The molecule has 2 aliphatic heterocycles. The van der Waals surface area contributed by atoms with E-state index in [0.29, 0.717) is 57.0 Å². The number of ketones is 1. The average Bonchev–Trinajstić information content (AvgIpc) is 3.29.